The lowest BCUT2D eigenvalue weighted by Crippen LogP contribution is -2.23. The Morgan fingerprint density at radius 2 is 1.81 bits per heavy atom. The van der Waals surface area contributed by atoms with Gasteiger partial charge in [0.05, 0.1) is 17.2 Å². The molecule has 1 amide bonds. The van der Waals surface area contributed by atoms with Crippen LogP contribution in [0.2, 0.25) is 0 Å². The van der Waals surface area contributed by atoms with Crippen LogP contribution in [0, 0.1) is 17.8 Å². The number of hydrogen-bond acceptors (Lipinski definition) is 6. The summed E-state index contributed by atoms with van der Waals surface area (Å²) in [7, 11) is 0. The summed E-state index contributed by atoms with van der Waals surface area (Å²) >= 11 is 0. The molecule has 0 bridgehead atoms. The predicted molar refractivity (Wildman–Crippen MR) is 155 cm³/mol. The minimum atomic E-state index is -4.49. The van der Waals surface area contributed by atoms with Gasteiger partial charge in [0.25, 0.3) is 5.91 Å². The van der Waals surface area contributed by atoms with Crippen LogP contribution < -0.4 is 15.4 Å². The summed E-state index contributed by atoms with van der Waals surface area (Å²) in [6, 6.07) is 13.2. The zero-order valence-electron chi connectivity index (χ0n) is 23.2. The van der Waals surface area contributed by atoms with Crippen molar-refractivity contribution in [3.63, 3.8) is 0 Å². The number of pyridine rings is 1. The Balaban J connectivity index is 1.02. The van der Waals surface area contributed by atoms with Crippen molar-refractivity contribution < 1.29 is 27.2 Å². The standard InChI is InChI=1S/C33H29F3N4O3/c34-33(35,36)26-4-2-1-3-21(26)30-22(31(43-39-30)17-5-6-17)11-10-20-24-15-40(16-25(20)24)18-7-12-27-23(13-18)29(42-19-8-9-19)14-28(38-27)32(37)41/h1-4,7,10-14,17,19-20,24-25H,5-6,8-9,15-16H2,(H2,37,41)/b11-10+. The summed E-state index contributed by atoms with van der Waals surface area (Å²) in [5.74, 6) is 2.21. The van der Waals surface area contributed by atoms with Crippen molar-refractivity contribution in [3.05, 3.63) is 77.2 Å². The van der Waals surface area contributed by atoms with E-state index in [0.29, 0.717) is 40.3 Å². The molecule has 220 valence electrons. The first kappa shape index (κ1) is 26.3. The molecule has 0 spiro atoms. The highest BCUT2D eigenvalue weighted by atomic mass is 19.4. The second-order valence-corrected chi connectivity index (χ2v) is 12.2. The van der Waals surface area contributed by atoms with Gasteiger partial charge >= 0.3 is 6.18 Å². The van der Waals surface area contributed by atoms with Crippen molar-refractivity contribution in [3.8, 4) is 17.0 Å². The monoisotopic (exact) mass is 586 g/mol. The molecule has 4 fully saturated rings. The maximum absolute atomic E-state index is 13.8. The quantitative estimate of drug-likeness (QED) is 0.244. The Bertz CT molecular complexity index is 1780. The summed E-state index contributed by atoms with van der Waals surface area (Å²) in [6.45, 7) is 1.75. The first-order chi connectivity index (χ1) is 20.7. The van der Waals surface area contributed by atoms with E-state index in [0.717, 1.165) is 55.9 Å². The zero-order valence-corrected chi connectivity index (χ0v) is 23.2. The van der Waals surface area contributed by atoms with Gasteiger partial charge in [0.1, 0.15) is 22.9 Å². The number of piperidine rings is 1. The van der Waals surface area contributed by atoms with Crippen molar-refractivity contribution in [1.29, 1.82) is 0 Å². The van der Waals surface area contributed by atoms with Crippen molar-refractivity contribution in [2.24, 2.45) is 23.5 Å². The highest BCUT2D eigenvalue weighted by molar-refractivity contribution is 5.97. The van der Waals surface area contributed by atoms with Gasteiger partial charge in [-0.15, -0.1) is 0 Å². The molecule has 3 aliphatic carbocycles. The number of anilines is 1. The molecule has 7 nitrogen and oxygen atoms in total. The van der Waals surface area contributed by atoms with E-state index in [1.54, 1.807) is 12.1 Å². The maximum atomic E-state index is 13.8. The number of rotatable bonds is 8. The molecule has 10 heteroatoms. The third-order valence-corrected chi connectivity index (χ3v) is 9.13. The number of fused-ring (bicyclic) bond motifs is 2. The van der Waals surface area contributed by atoms with Gasteiger partial charge in [0.2, 0.25) is 0 Å². The van der Waals surface area contributed by atoms with E-state index in [-0.39, 0.29) is 29.0 Å². The first-order valence-electron chi connectivity index (χ1n) is 14.7. The average Bonchev–Trinajstić information content (AvgIpc) is 3.96. The third kappa shape index (κ3) is 4.82. The number of nitrogens with zero attached hydrogens (tertiary/aromatic N) is 3. The van der Waals surface area contributed by atoms with E-state index >= 15 is 0 Å². The summed E-state index contributed by atoms with van der Waals surface area (Å²) in [5.41, 5.74) is 7.69. The molecule has 3 saturated carbocycles. The fourth-order valence-electron chi connectivity index (χ4n) is 6.49. The number of carbonyl (C=O) groups excluding carboxylic acids is 1. The normalized spacial score (nSPS) is 23.2. The van der Waals surface area contributed by atoms with E-state index in [2.05, 4.69) is 27.2 Å². The number of ether oxygens (including phenoxy) is 1. The molecule has 1 saturated heterocycles. The van der Waals surface area contributed by atoms with Gasteiger partial charge in [0.15, 0.2) is 0 Å². The molecule has 4 aromatic rings. The number of nitrogens with two attached hydrogens (primary N) is 1. The topological polar surface area (TPSA) is 94.5 Å². The Labute approximate surface area is 245 Å². The second-order valence-electron chi connectivity index (χ2n) is 12.2. The highest BCUT2D eigenvalue weighted by Gasteiger charge is 2.54. The SMILES string of the molecule is NC(=O)c1cc(OC2CC2)c2cc(N3CC4C(/C=C/c5c(-c6ccccc6C(F)(F)F)noc5C5CC5)C4C3)ccc2n1. The lowest BCUT2D eigenvalue weighted by atomic mass is 9.98. The summed E-state index contributed by atoms with van der Waals surface area (Å²) in [6.07, 6.45) is 3.66. The predicted octanol–water partition coefficient (Wildman–Crippen LogP) is 6.82. The molecular formula is C33H29F3N4O3. The molecule has 2 aromatic carbocycles. The zero-order chi connectivity index (χ0) is 29.5. The number of carbonyl (C=O) groups is 1. The van der Waals surface area contributed by atoms with Gasteiger partial charge in [-0.2, -0.15) is 13.2 Å². The Morgan fingerprint density at radius 1 is 1.05 bits per heavy atom. The Kier molecular flexibility index (Phi) is 5.86. The van der Waals surface area contributed by atoms with Crippen molar-refractivity contribution in [2.45, 2.75) is 43.9 Å². The van der Waals surface area contributed by atoms with Crippen LogP contribution in [0.25, 0.3) is 28.2 Å². The van der Waals surface area contributed by atoms with E-state index in [4.69, 9.17) is 15.0 Å². The number of aromatic nitrogens is 2. The van der Waals surface area contributed by atoms with Crippen LogP contribution in [0.3, 0.4) is 0 Å². The van der Waals surface area contributed by atoms with Gasteiger partial charge in [-0.3, -0.25) is 4.79 Å². The van der Waals surface area contributed by atoms with Gasteiger partial charge in [-0.05, 0) is 67.7 Å². The largest absolute Gasteiger partial charge is 0.490 e. The fraction of sp³-hybridized carbons (Fsp3) is 0.364. The minimum Gasteiger partial charge on any atom is -0.490 e. The molecule has 43 heavy (non-hydrogen) atoms. The molecule has 2 N–H and O–H groups in total. The summed E-state index contributed by atoms with van der Waals surface area (Å²) in [4.78, 5) is 18.6. The van der Waals surface area contributed by atoms with E-state index < -0.39 is 17.6 Å². The van der Waals surface area contributed by atoms with Gasteiger partial charge < -0.3 is 19.9 Å². The van der Waals surface area contributed by atoms with Crippen LogP contribution >= 0.6 is 0 Å². The van der Waals surface area contributed by atoms with Crippen LogP contribution in [0.4, 0.5) is 18.9 Å². The van der Waals surface area contributed by atoms with Gasteiger partial charge in [-0.25, -0.2) is 4.98 Å². The molecule has 2 unspecified atom stereocenters. The molecule has 2 aromatic heterocycles. The minimum absolute atomic E-state index is 0.0474. The number of amides is 1. The molecule has 1 aliphatic heterocycles. The number of allylic oxidation sites excluding steroid dienone is 1. The van der Waals surface area contributed by atoms with Crippen LogP contribution in [0.15, 0.2) is 59.1 Å². The van der Waals surface area contributed by atoms with Crippen LogP contribution in [0.5, 0.6) is 5.75 Å². The molecular weight excluding hydrogens is 557 g/mol. The number of benzene rings is 2. The fourth-order valence-corrected chi connectivity index (χ4v) is 6.49. The Morgan fingerprint density at radius 3 is 2.51 bits per heavy atom. The van der Waals surface area contributed by atoms with E-state index in [9.17, 15) is 18.0 Å². The van der Waals surface area contributed by atoms with E-state index in [1.165, 1.54) is 12.1 Å². The summed E-state index contributed by atoms with van der Waals surface area (Å²) in [5, 5.41) is 5.00. The van der Waals surface area contributed by atoms with Crippen LogP contribution in [-0.2, 0) is 6.18 Å². The number of primary amides is 1. The van der Waals surface area contributed by atoms with Crippen molar-refractivity contribution >= 4 is 28.6 Å². The van der Waals surface area contributed by atoms with Gasteiger partial charge in [0, 0.05) is 47.3 Å². The molecule has 0 radical (unpaired) electrons. The summed E-state index contributed by atoms with van der Waals surface area (Å²) < 4.78 is 53.2. The molecule has 8 rings (SSSR count). The second kappa shape index (κ2) is 9.59. The number of alkyl halides is 3. The van der Waals surface area contributed by atoms with Crippen molar-refractivity contribution in [2.75, 3.05) is 18.0 Å². The number of hydrogen-bond donors (Lipinski definition) is 1. The highest BCUT2D eigenvalue weighted by Crippen LogP contribution is 2.54. The third-order valence-electron chi connectivity index (χ3n) is 9.13. The van der Waals surface area contributed by atoms with Crippen LogP contribution in [-0.4, -0.2) is 35.2 Å². The Hall–Kier alpha value is -4.34. The molecule has 3 heterocycles. The first-order valence-corrected chi connectivity index (χ1v) is 14.7. The maximum Gasteiger partial charge on any atom is 0.417 e. The lowest BCUT2D eigenvalue weighted by Gasteiger charge is -2.22. The average molecular weight is 587 g/mol. The van der Waals surface area contributed by atoms with Gasteiger partial charge in [-0.1, -0.05) is 35.5 Å². The number of halogens is 3. The van der Waals surface area contributed by atoms with Crippen molar-refractivity contribution in [1.82, 2.24) is 10.1 Å². The van der Waals surface area contributed by atoms with Crippen LogP contribution in [0.1, 0.15) is 59.0 Å². The smallest absolute Gasteiger partial charge is 0.417 e. The lowest BCUT2D eigenvalue weighted by molar-refractivity contribution is -0.137. The molecule has 2 atom stereocenters. The molecule has 4 aliphatic rings. The van der Waals surface area contributed by atoms with E-state index in [1.807, 2.05) is 18.2 Å².